The topological polar surface area (TPSA) is 214 Å². The van der Waals surface area contributed by atoms with E-state index < -0.39 is 17.9 Å². The fraction of sp³-hybridized carbons (Fsp3) is 0.778. The van der Waals surface area contributed by atoms with E-state index in [2.05, 4.69) is 29.0 Å². The maximum Gasteiger partial charge on any atom is 0.314 e. The Bertz CT molecular complexity index is 777. The maximum atomic E-state index is 11.2. The van der Waals surface area contributed by atoms with E-state index in [-0.39, 0.29) is 48.9 Å². The van der Waals surface area contributed by atoms with Crippen molar-refractivity contribution in [1.29, 1.82) is 0 Å². The van der Waals surface area contributed by atoms with Crippen molar-refractivity contribution in [2.75, 3.05) is 81.6 Å². The summed E-state index contributed by atoms with van der Waals surface area (Å²) in [6, 6.07) is 0. The number of ether oxygens (including phenoxy) is 1. The first-order valence-corrected chi connectivity index (χ1v) is 13.9. The summed E-state index contributed by atoms with van der Waals surface area (Å²) >= 11 is 0. The van der Waals surface area contributed by atoms with Crippen molar-refractivity contribution >= 4 is 35.6 Å². The van der Waals surface area contributed by atoms with Crippen LogP contribution >= 0.6 is 0 Å². The summed E-state index contributed by atoms with van der Waals surface area (Å²) in [5, 5.41) is 11.0. The largest absolute Gasteiger partial charge is 0.481 e. The maximum absolute atomic E-state index is 11.2. The van der Waals surface area contributed by atoms with Gasteiger partial charge in [-0.1, -0.05) is 0 Å². The van der Waals surface area contributed by atoms with Crippen molar-refractivity contribution < 1.29 is 44.1 Å². The molecule has 15 nitrogen and oxygen atoms in total. The van der Waals surface area contributed by atoms with Crippen LogP contribution in [0.1, 0.15) is 57.8 Å². The molecule has 2 aliphatic heterocycles. The summed E-state index contributed by atoms with van der Waals surface area (Å²) in [6.07, 6.45) is 4.15. The van der Waals surface area contributed by atoms with Crippen LogP contribution in [0, 0.1) is 0 Å². The van der Waals surface area contributed by atoms with E-state index in [0.29, 0.717) is 25.9 Å². The van der Waals surface area contributed by atoms with Gasteiger partial charge in [0, 0.05) is 32.4 Å². The van der Waals surface area contributed by atoms with Crippen LogP contribution in [0.25, 0.3) is 0 Å². The number of hydrogen-bond acceptors (Lipinski definition) is 11. The molecular formula is C27H54N6O9. The fourth-order valence-corrected chi connectivity index (χ4v) is 3.19. The van der Waals surface area contributed by atoms with Crippen molar-refractivity contribution in [2.45, 2.75) is 57.8 Å². The third kappa shape index (κ3) is 28.5. The van der Waals surface area contributed by atoms with Crippen molar-refractivity contribution in [3.8, 4) is 0 Å². The molecule has 6 N–H and O–H groups in total. The molecular weight excluding hydrogens is 552 g/mol. The Kier molecular flexibility index (Phi) is 27.8. The molecule has 15 heteroatoms. The number of hydrogen-bond donors (Lipinski definition) is 3. The lowest BCUT2D eigenvalue weighted by molar-refractivity contribution is -0.152. The molecule has 0 aromatic heterocycles. The van der Waals surface area contributed by atoms with Crippen LogP contribution in [0.2, 0.25) is 0 Å². The molecule has 246 valence electrons. The summed E-state index contributed by atoms with van der Waals surface area (Å²) in [4.78, 5) is 71.1. The molecule has 3 amide bonds. The highest BCUT2D eigenvalue weighted by atomic mass is 16.6. The highest BCUT2D eigenvalue weighted by Gasteiger charge is 2.27. The van der Waals surface area contributed by atoms with Gasteiger partial charge < -0.3 is 41.1 Å². The van der Waals surface area contributed by atoms with Crippen molar-refractivity contribution in [2.24, 2.45) is 5.73 Å². The van der Waals surface area contributed by atoms with E-state index in [4.69, 9.17) is 10.8 Å². The molecule has 0 saturated carbocycles. The van der Waals surface area contributed by atoms with Gasteiger partial charge in [-0.25, -0.2) is 0 Å². The van der Waals surface area contributed by atoms with Gasteiger partial charge in [-0.3, -0.25) is 33.7 Å². The quantitative estimate of drug-likeness (QED) is 0.0933. The first kappa shape index (κ1) is 43.5. The number of nitrogens with zero attached hydrogens (tertiary/aromatic N) is 4. The van der Waals surface area contributed by atoms with Crippen LogP contribution in [0.15, 0.2) is 0 Å². The molecule has 42 heavy (non-hydrogen) atoms. The van der Waals surface area contributed by atoms with E-state index in [9.17, 15) is 28.8 Å². The van der Waals surface area contributed by atoms with Crippen LogP contribution in [0.4, 0.5) is 0 Å². The Morgan fingerprint density at radius 3 is 1.60 bits per heavy atom. The van der Waals surface area contributed by atoms with Crippen LogP contribution < -0.4 is 11.1 Å². The molecule has 2 rings (SSSR count). The van der Waals surface area contributed by atoms with Gasteiger partial charge in [0.25, 0.3) is 0 Å². The zero-order valence-electron chi connectivity index (χ0n) is 26.3. The highest BCUT2D eigenvalue weighted by Crippen LogP contribution is 2.11. The minimum atomic E-state index is -0.937. The Labute approximate surface area is 250 Å². The molecule has 0 unspecified atom stereocenters. The molecule has 0 atom stereocenters. The van der Waals surface area contributed by atoms with E-state index in [0.717, 1.165) is 45.4 Å². The van der Waals surface area contributed by atoms with E-state index >= 15 is 0 Å². The number of esters is 2. The highest BCUT2D eigenvalue weighted by molar-refractivity contribution is 6.01. The number of nitrogens with one attached hydrogen (secondary N) is 1. The monoisotopic (exact) mass is 606 g/mol. The molecule has 2 heterocycles. The Morgan fingerprint density at radius 1 is 0.786 bits per heavy atom. The zero-order valence-corrected chi connectivity index (χ0v) is 26.3. The summed E-state index contributed by atoms with van der Waals surface area (Å²) in [5.41, 5.74) is 5.25. The minimum Gasteiger partial charge on any atom is -0.481 e. The summed E-state index contributed by atoms with van der Waals surface area (Å²) in [7, 11) is 12.0. The first-order chi connectivity index (χ1) is 19.2. The number of imide groups is 1. The lowest BCUT2D eigenvalue weighted by atomic mass is 10.3. The molecule has 2 fully saturated rings. The summed E-state index contributed by atoms with van der Waals surface area (Å²) in [5.74, 6) is -1.94. The predicted octanol–water partition coefficient (Wildman–Crippen LogP) is -1.07. The number of carbonyl (C=O) groups excluding carboxylic acids is 5. The lowest BCUT2D eigenvalue weighted by Gasteiger charge is -2.15. The second-order valence-electron chi connectivity index (χ2n) is 10.3. The second-order valence-corrected chi connectivity index (χ2v) is 10.3. The minimum absolute atomic E-state index is 0. The molecule has 0 aliphatic carbocycles. The lowest BCUT2D eigenvalue weighted by Crippen LogP contribution is -2.31. The van der Waals surface area contributed by atoms with Crippen molar-refractivity contribution in [3.05, 3.63) is 0 Å². The average Bonchev–Trinajstić information content (AvgIpc) is 3.42. The fourth-order valence-electron chi connectivity index (χ4n) is 3.19. The third-order valence-corrected chi connectivity index (χ3v) is 5.38. The number of nitrogens with two attached hydrogens (primary N) is 1. The first-order valence-electron chi connectivity index (χ1n) is 13.9. The number of carbonyl (C=O) groups is 6. The van der Waals surface area contributed by atoms with Crippen LogP contribution in [-0.2, 0) is 33.5 Å². The van der Waals surface area contributed by atoms with Gasteiger partial charge in [-0.15, -0.1) is 0 Å². The normalized spacial score (nSPS) is 13.9. The van der Waals surface area contributed by atoms with Gasteiger partial charge in [0.2, 0.25) is 17.7 Å². The predicted molar refractivity (Wildman–Crippen MR) is 158 cm³/mol. The van der Waals surface area contributed by atoms with Gasteiger partial charge in [0.15, 0.2) is 0 Å². The van der Waals surface area contributed by atoms with Gasteiger partial charge in [0.1, 0.15) is 0 Å². The SMILES string of the molecule is CN(C)CCCN.CN(C)CCCN1C(=O)CCC1=O.CN(C)CCCNC(=O)CCC(=O)O.O.O=C1CCC(=O)O1. The van der Waals surface area contributed by atoms with Gasteiger partial charge in [-0.2, -0.15) is 0 Å². The van der Waals surface area contributed by atoms with Crippen LogP contribution in [-0.4, -0.2) is 147 Å². The number of cyclic esters (lactones) is 2. The average molecular weight is 607 g/mol. The van der Waals surface area contributed by atoms with Gasteiger partial charge >= 0.3 is 17.9 Å². The smallest absolute Gasteiger partial charge is 0.314 e. The molecule has 0 aromatic rings. The number of aliphatic carboxylic acids is 1. The number of carboxylic acid groups (broad SMARTS) is 1. The van der Waals surface area contributed by atoms with Crippen molar-refractivity contribution in [1.82, 2.24) is 24.9 Å². The van der Waals surface area contributed by atoms with Gasteiger partial charge in [-0.05, 0) is 87.7 Å². The van der Waals surface area contributed by atoms with E-state index in [1.165, 1.54) is 4.90 Å². The number of amides is 3. The summed E-state index contributed by atoms with van der Waals surface area (Å²) < 4.78 is 4.08. The Morgan fingerprint density at radius 2 is 1.24 bits per heavy atom. The molecule has 0 radical (unpaired) electrons. The third-order valence-electron chi connectivity index (χ3n) is 5.38. The molecule has 2 aliphatic rings. The standard InChI is InChI=1S/C9H18N2O3.C9H16N2O2.C5H14N2.C4H4O3.H2O/c1-11(2)7-3-6-10-8(12)4-5-9(13)14;1-10(2)6-3-7-11-8(12)4-5-9(11)13;1-7(2)5-3-4-6;5-3-1-2-4(6)7-3;/h3-7H2,1-2H3,(H,10,12)(H,13,14);3-7H2,1-2H3;3-6H2,1-2H3;1-2H2;1H2. The second kappa shape index (κ2) is 26.9. The molecule has 2 saturated heterocycles. The molecule has 0 aromatic carbocycles. The van der Waals surface area contributed by atoms with Gasteiger partial charge in [0.05, 0.1) is 19.3 Å². The van der Waals surface area contributed by atoms with Crippen molar-refractivity contribution in [3.63, 3.8) is 0 Å². The van der Waals surface area contributed by atoms with Crippen LogP contribution in [0.3, 0.4) is 0 Å². The number of carboxylic acids is 1. The molecule has 0 spiro atoms. The number of likely N-dealkylation sites (tertiary alicyclic amines) is 1. The number of rotatable bonds is 14. The zero-order chi connectivity index (χ0) is 31.8. The molecule has 0 bridgehead atoms. The Balaban J connectivity index is -0.000000501. The van der Waals surface area contributed by atoms with E-state index in [1.54, 1.807) is 0 Å². The summed E-state index contributed by atoms with van der Waals surface area (Å²) in [6.45, 7) is 4.93. The Hall–Kier alpha value is -2.98. The van der Waals surface area contributed by atoms with E-state index in [1.807, 2.05) is 38.0 Å². The van der Waals surface area contributed by atoms with Crippen LogP contribution in [0.5, 0.6) is 0 Å².